The molecular weight excluding hydrogens is 228 g/mol. The number of ether oxygens (including phenoxy) is 2. The standard InChI is InChI=1S/C14H20N2O2/c1-10-8-17-7-6-16(10)12-9-18-13-5-3-2-4-11(13)14(12)15/h2-5,10,12,14H,6-9,15H2,1H3. The van der Waals surface area contributed by atoms with Crippen LogP contribution in [0.1, 0.15) is 18.5 Å². The van der Waals surface area contributed by atoms with Crippen molar-refractivity contribution in [2.24, 2.45) is 5.73 Å². The Morgan fingerprint density at radius 3 is 2.94 bits per heavy atom. The molecule has 4 heteroatoms. The molecule has 2 heterocycles. The van der Waals surface area contributed by atoms with Crippen LogP contribution in [0.15, 0.2) is 24.3 Å². The lowest BCUT2D eigenvalue weighted by molar-refractivity contribution is -0.0407. The summed E-state index contributed by atoms with van der Waals surface area (Å²) in [4.78, 5) is 2.42. The summed E-state index contributed by atoms with van der Waals surface area (Å²) < 4.78 is 11.3. The van der Waals surface area contributed by atoms with Crippen molar-refractivity contribution in [3.05, 3.63) is 29.8 Å². The van der Waals surface area contributed by atoms with Crippen LogP contribution in [0.25, 0.3) is 0 Å². The largest absolute Gasteiger partial charge is 0.492 e. The van der Waals surface area contributed by atoms with Crippen LogP contribution in [0.5, 0.6) is 5.75 Å². The fraction of sp³-hybridized carbons (Fsp3) is 0.571. The number of hydrogen-bond donors (Lipinski definition) is 1. The van der Waals surface area contributed by atoms with Crippen LogP contribution >= 0.6 is 0 Å². The van der Waals surface area contributed by atoms with E-state index in [1.54, 1.807) is 0 Å². The van der Waals surface area contributed by atoms with E-state index >= 15 is 0 Å². The lowest BCUT2D eigenvalue weighted by atomic mass is 9.95. The molecule has 1 fully saturated rings. The first-order valence-electron chi connectivity index (χ1n) is 6.58. The highest BCUT2D eigenvalue weighted by Crippen LogP contribution is 2.33. The molecule has 2 N–H and O–H groups in total. The van der Waals surface area contributed by atoms with Gasteiger partial charge in [-0.1, -0.05) is 18.2 Å². The molecule has 18 heavy (non-hydrogen) atoms. The molecule has 0 aromatic heterocycles. The Balaban J connectivity index is 1.83. The number of morpholine rings is 1. The van der Waals surface area contributed by atoms with Crippen LogP contribution in [-0.4, -0.2) is 43.3 Å². The molecule has 3 atom stereocenters. The van der Waals surface area contributed by atoms with Crippen molar-refractivity contribution >= 4 is 0 Å². The van der Waals surface area contributed by atoms with Crippen molar-refractivity contribution in [2.75, 3.05) is 26.4 Å². The second-order valence-electron chi connectivity index (χ2n) is 5.10. The van der Waals surface area contributed by atoms with Crippen molar-refractivity contribution in [3.63, 3.8) is 0 Å². The number of para-hydroxylation sites is 1. The zero-order chi connectivity index (χ0) is 12.5. The van der Waals surface area contributed by atoms with Gasteiger partial charge in [0.15, 0.2) is 0 Å². The smallest absolute Gasteiger partial charge is 0.124 e. The quantitative estimate of drug-likeness (QED) is 0.810. The van der Waals surface area contributed by atoms with E-state index < -0.39 is 0 Å². The highest BCUT2D eigenvalue weighted by molar-refractivity contribution is 5.38. The van der Waals surface area contributed by atoms with Gasteiger partial charge in [-0.15, -0.1) is 0 Å². The molecule has 0 bridgehead atoms. The highest BCUT2D eigenvalue weighted by Gasteiger charge is 2.35. The molecule has 0 saturated carbocycles. The zero-order valence-corrected chi connectivity index (χ0v) is 10.7. The minimum absolute atomic E-state index is 0.0236. The first-order chi connectivity index (χ1) is 8.77. The van der Waals surface area contributed by atoms with Crippen molar-refractivity contribution in [1.82, 2.24) is 4.90 Å². The van der Waals surface area contributed by atoms with E-state index in [1.807, 2.05) is 18.2 Å². The summed E-state index contributed by atoms with van der Waals surface area (Å²) in [7, 11) is 0. The van der Waals surface area contributed by atoms with Crippen LogP contribution in [-0.2, 0) is 4.74 Å². The second kappa shape index (κ2) is 4.88. The molecule has 0 aliphatic carbocycles. The van der Waals surface area contributed by atoms with Gasteiger partial charge < -0.3 is 15.2 Å². The summed E-state index contributed by atoms with van der Waals surface area (Å²) in [5.41, 5.74) is 7.54. The van der Waals surface area contributed by atoms with E-state index in [4.69, 9.17) is 15.2 Å². The Labute approximate surface area is 108 Å². The first kappa shape index (κ1) is 12.0. The van der Waals surface area contributed by atoms with Crippen LogP contribution in [0.2, 0.25) is 0 Å². The monoisotopic (exact) mass is 248 g/mol. The topological polar surface area (TPSA) is 47.7 Å². The normalized spacial score (nSPS) is 32.7. The number of rotatable bonds is 1. The van der Waals surface area contributed by atoms with Gasteiger partial charge in [-0.3, -0.25) is 4.90 Å². The molecule has 98 valence electrons. The molecule has 1 aromatic rings. The molecule has 3 rings (SSSR count). The molecule has 0 spiro atoms. The number of nitrogens with zero attached hydrogens (tertiary/aromatic N) is 1. The van der Waals surface area contributed by atoms with Gasteiger partial charge in [-0.25, -0.2) is 0 Å². The van der Waals surface area contributed by atoms with Crippen molar-refractivity contribution in [3.8, 4) is 5.75 Å². The van der Waals surface area contributed by atoms with Gasteiger partial charge in [-0.2, -0.15) is 0 Å². The molecule has 2 aliphatic heterocycles. The average molecular weight is 248 g/mol. The molecule has 1 saturated heterocycles. The maximum Gasteiger partial charge on any atom is 0.124 e. The molecular formula is C14H20N2O2. The molecule has 0 amide bonds. The van der Waals surface area contributed by atoms with Crippen LogP contribution < -0.4 is 10.5 Å². The van der Waals surface area contributed by atoms with Gasteiger partial charge in [0.25, 0.3) is 0 Å². The predicted octanol–water partition coefficient (Wildman–Crippen LogP) is 1.17. The molecule has 0 radical (unpaired) electrons. The maximum absolute atomic E-state index is 6.42. The van der Waals surface area contributed by atoms with E-state index in [9.17, 15) is 0 Å². The van der Waals surface area contributed by atoms with Gasteiger partial charge in [0, 0.05) is 18.2 Å². The van der Waals surface area contributed by atoms with Gasteiger partial charge >= 0.3 is 0 Å². The maximum atomic E-state index is 6.42. The Morgan fingerprint density at radius 1 is 1.28 bits per heavy atom. The van der Waals surface area contributed by atoms with Crippen LogP contribution in [0.4, 0.5) is 0 Å². The predicted molar refractivity (Wildman–Crippen MR) is 69.6 cm³/mol. The number of hydrogen-bond acceptors (Lipinski definition) is 4. The Morgan fingerprint density at radius 2 is 2.11 bits per heavy atom. The summed E-state index contributed by atoms with van der Waals surface area (Å²) in [6.45, 7) is 5.36. The van der Waals surface area contributed by atoms with Gasteiger partial charge in [0.05, 0.1) is 25.3 Å². The van der Waals surface area contributed by atoms with Crippen molar-refractivity contribution < 1.29 is 9.47 Å². The lowest BCUT2D eigenvalue weighted by Crippen LogP contribution is -2.56. The lowest BCUT2D eigenvalue weighted by Gasteiger charge is -2.43. The van der Waals surface area contributed by atoms with Crippen LogP contribution in [0, 0.1) is 0 Å². The minimum Gasteiger partial charge on any atom is -0.492 e. The number of fused-ring (bicyclic) bond motifs is 1. The fourth-order valence-corrected chi connectivity index (χ4v) is 2.91. The molecule has 3 unspecified atom stereocenters. The highest BCUT2D eigenvalue weighted by atomic mass is 16.5. The van der Waals surface area contributed by atoms with E-state index in [0.717, 1.165) is 31.1 Å². The van der Waals surface area contributed by atoms with Gasteiger partial charge in [-0.05, 0) is 13.0 Å². The Hall–Kier alpha value is -1.10. The summed E-state index contributed by atoms with van der Waals surface area (Å²) in [5, 5.41) is 0. The zero-order valence-electron chi connectivity index (χ0n) is 10.7. The Kier molecular flexibility index (Phi) is 3.24. The summed E-state index contributed by atoms with van der Waals surface area (Å²) in [6, 6.07) is 8.75. The minimum atomic E-state index is 0.0236. The molecule has 2 aliphatic rings. The third-order valence-electron chi connectivity index (χ3n) is 3.95. The third-order valence-corrected chi connectivity index (χ3v) is 3.95. The van der Waals surface area contributed by atoms with E-state index in [-0.39, 0.29) is 12.1 Å². The number of nitrogens with two attached hydrogens (primary N) is 1. The van der Waals surface area contributed by atoms with Gasteiger partial charge in [0.1, 0.15) is 12.4 Å². The average Bonchev–Trinajstić information content (AvgIpc) is 2.41. The summed E-state index contributed by atoms with van der Waals surface area (Å²) in [6.07, 6.45) is 0. The first-order valence-corrected chi connectivity index (χ1v) is 6.58. The van der Waals surface area contributed by atoms with Gasteiger partial charge in [0.2, 0.25) is 0 Å². The van der Waals surface area contributed by atoms with Crippen molar-refractivity contribution in [2.45, 2.75) is 25.0 Å². The Bertz CT molecular complexity index is 424. The SMILES string of the molecule is CC1COCCN1C1COc2ccccc2C1N. The fourth-order valence-electron chi connectivity index (χ4n) is 2.91. The summed E-state index contributed by atoms with van der Waals surface area (Å²) >= 11 is 0. The van der Waals surface area contributed by atoms with E-state index in [1.165, 1.54) is 0 Å². The van der Waals surface area contributed by atoms with E-state index in [2.05, 4.69) is 17.9 Å². The second-order valence-corrected chi connectivity index (χ2v) is 5.10. The van der Waals surface area contributed by atoms with Crippen molar-refractivity contribution in [1.29, 1.82) is 0 Å². The van der Waals surface area contributed by atoms with Crippen LogP contribution in [0.3, 0.4) is 0 Å². The summed E-state index contributed by atoms with van der Waals surface area (Å²) in [5.74, 6) is 0.933. The molecule has 1 aromatic carbocycles. The third kappa shape index (κ3) is 2.00. The number of benzene rings is 1. The molecule has 4 nitrogen and oxygen atoms in total. The van der Waals surface area contributed by atoms with E-state index in [0.29, 0.717) is 12.6 Å².